The number of nitrogens with two attached hydrogens (primary N) is 1. The second kappa shape index (κ2) is 5.25. The molecular formula is C15H20N4O. The summed E-state index contributed by atoms with van der Waals surface area (Å²) in [5.41, 5.74) is 7.15. The average molecular weight is 272 g/mol. The van der Waals surface area contributed by atoms with Crippen molar-refractivity contribution < 1.29 is 4.74 Å². The summed E-state index contributed by atoms with van der Waals surface area (Å²) in [5, 5.41) is 8.70. The molecule has 1 aliphatic rings. The van der Waals surface area contributed by atoms with Gasteiger partial charge in [-0.3, -0.25) is 0 Å². The molecule has 20 heavy (non-hydrogen) atoms. The second-order valence-corrected chi connectivity index (χ2v) is 5.35. The molecule has 2 N–H and O–H groups in total. The fourth-order valence-corrected chi connectivity index (χ4v) is 2.83. The highest BCUT2D eigenvalue weighted by atomic mass is 16.5. The van der Waals surface area contributed by atoms with Crippen molar-refractivity contribution >= 4 is 0 Å². The van der Waals surface area contributed by atoms with Crippen molar-refractivity contribution in [3.63, 3.8) is 0 Å². The zero-order valence-corrected chi connectivity index (χ0v) is 11.9. The lowest BCUT2D eigenvalue weighted by atomic mass is 9.97. The van der Waals surface area contributed by atoms with Crippen LogP contribution in [0.15, 0.2) is 24.3 Å². The quantitative estimate of drug-likeness (QED) is 0.930. The van der Waals surface area contributed by atoms with Crippen LogP contribution in [0.1, 0.15) is 32.0 Å². The molecule has 2 atom stereocenters. The standard InChI is InChI=1S/C15H20N4O/c1-3-20-13-6-4-5-11(8-13)15-18-17-14-10(2)7-12(16)9-19(14)15/h4-6,8,10,12H,3,7,9,16H2,1-2H3. The van der Waals surface area contributed by atoms with Gasteiger partial charge in [-0.15, -0.1) is 10.2 Å². The van der Waals surface area contributed by atoms with E-state index in [0.717, 1.165) is 35.9 Å². The van der Waals surface area contributed by atoms with Crippen LogP contribution < -0.4 is 10.5 Å². The molecule has 1 aliphatic heterocycles. The van der Waals surface area contributed by atoms with Crippen molar-refractivity contribution in [3.05, 3.63) is 30.1 Å². The zero-order valence-electron chi connectivity index (χ0n) is 11.9. The number of aromatic nitrogens is 3. The second-order valence-electron chi connectivity index (χ2n) is 5.35. The van der Waals surface area contributed by atoms with Gasteiger partial charge in [0.1, 0.15) is 11.6 Å². The summed E-state index contributed by atoms with van der Waals surface area (Å²) in [6.07, 6.45) is 0.969. The minimum absolute atomic E-state index is 0.169. The highest BCUT2D eigenvalue weighted by Crippen LogP contribution is 2.30. The lowest BCUT2D eigenvalue weighted by molar-refractivity contribution is 0.340. The topological polar surface area (TPSA) is 66.0 Å². The van der Waals surface area contributed by atoms with Crippen molar-refractivity contribution in [2.45, 2.75) is 38.8 Å². The van der Waals surface area contributed by atoms with Gasteiger partial charge >= 0.3 is 0 Å². The molecule has 5 nitrogen and oxygen atoms in total. The van der Waals surface area contributed by atoms with Crippen LogP contribution in [0.4, 0.5) is 0 Å². The van der Waals surface area contributed by atoms with Crippen LogP contribution in [-0.2, 0) is 6.54 Å². The van der Waals surface area contributed by atoms with Gasteiger partial charge < -0.3 is 15.0 Å². The van der Waals surface area contributed by atoms with Crippen molar-refractivity contribution in [2.24, 2.45) is 5.73 Å². The molecule has 0 saturated carbocycles. The number of rotatable bonds is 3. The minimum Gasteiger partial charge on any atom is -0.494 e. The van der Waals surface area contributed by atoms with E-state index in [1.165, 1.54) is 0 Å². The molecule has 0 saturated heterocycles. The van der Waals surface area contributed by atoms with E-state index in [-0.39, 0.29) is 6.04 Å². The summed E-state index contributed by atoms with van der Waals surface area (Å²) >= 11 is 0. The molecule has 106 valence electrons. The number of nitrogens with zero attached hydrogens (tertiary/aromatic N) is 3. The van der Waals surface area contributed by atoms with E-state index in [0.29, 0.717) is 12.5 Å². The molecule has 3 rings (SSSR count). The molecule has 0 aliphatic carbocycles. The van der Waals surface area contributed by atoms with Crippen molar-refractivity contribution in [2.75, 3.05) is 6.61 Å². The van der Waals surface area contributed by atoms with Gasteiger partial charge in [0.2, 0.25) is 0 Å². The van der Waals surface area contributed by atoms with Gasteiger partial charge in [-0.05, 0) is 25.5 Å². The first-order valence-corrected chi connectivity index (χ1v) is 7.11. The molecule has 0 amide bonds. The Morgan fingerprint density at radius 1 is 1.40 bits per heavy atom. The maximum Gasteiger partial charge on any atom is 0.164 e. The highest BCUT2D eigenvalue weighted by molar-refractivity contribution is 5.58. The number of ether oxygens (including phenoxy) is 1. The molecule has 5 heteroatoms. The van der Waals surface area contributed by atoms with Gasteiger partial charge in [-0.2, -0.15) is 0 Å². The van der Waals surface area contributed by atoms with Crippen molar-refractivity contribution in [3.8, 4) is 17.1 Å². The highest BCUT2D eigenvalue weighted by Gasteiger charge is 2.26. The monoisotopic (exact) mass is 272 g/mol. The Kier molecular flexibility index (Phi) is 3.44. The Labute approximate surface area is 118 Å². The van der Waals surface area contributed by atoms with Gasteiger partial charge in [0.25, 0.3) is 0 Å². The van der Waals surface area contributed by atoms with Crippen molar-refractivity contribution in [1.82, 2.24) is 14.8 Å². The van der Waals surface area contributed by atoms with Crippen LogP contribution in [-0.4, -0.2) is 27.4 Å². The molecule has 2 aromatic rings. The fraction of sp³-hybridized carbons (Fsp3) is 0.467. The molecule has 0 bridgehead atoms. The molecule has 0 fully saturated rings. The van der Waals surface area contributed by atoms with E-state index in [2.05, 4.69) is 21.7 Å². The minimum atomic E-state index is 0.169. The molecule has 1 aromatic carbocycles. The van der Waals surface area contributed by atoms with E-state index in [1.54, 1.807) is 0 Å². The smallest absolute Gasteiger partial charge is 0.164 e. The van der Waals surface area contributed by atoms with E-state index < -0.39 is 0 Å². The van der Waals surface area contributed by atoms with Gasteiger partial charge in [0.05, 0.1) is 6.61 Å². The van der Waals surface area contributed by atoms with Crippen LogP contribution in [0.2, 0.25) is 0 Å². The summed E-state index contributed by atoms with van der Waals surface area (Å²) in [6.45, 7) is 5.57. The third-order valence-electron chi connectivity index (χ3n) is 3.70. The Hall–Kier alpha value is -1.88. The summed E-state index contributed by atoms with van der Waals surface area (Å²) in [5.74, 6) is 3.12. The molecule has 2 heterocycles. The maximum absolute atomic E-state index is 6.12. The predicted molar refractivity (Wildman–Crippen MR) is 77.6 cm³/mol. The Bertz CT molecular complexity index is 608. The van der Waals surface area contributed by atoms with E-state index in [4.69, 9.17) is 10.5 Å². The van der Waals surface area contributed by atoms with Gasteiger partial charge in [-0.25, -0.2) is 0 Å². The lowest BCUT2D eigenvalue weighted by Gasteiger charge is -2.25. The van der Waals surface area contributed by atoms with Crippen LogP contribution in [0, 0.1) is 0 Å². The van der Waals surface area contributed by atoms with Crippen LogP contribution in [0.3, 0.4) is 0 Å². The number of hydrogen-bond donors (Lipinski definition) is 1. The number of hydrogen-bond acceptors (Lipinski definition) is 4. The van der Waals surface area contributed by atoms with Gasteiger partial charge in [-0.1, -0.05) is 19.1 Å². The fourth-order valence-electron chi connectivity index (χ4n) is 2.83. The third kappa shape index (κ3) is 2.29. The SMILES string of the molecule is CCOc1cccc(-c2nnc3n2CC(N)CC3C)c1. The largest absolute Gasteiger partial charge is 0.494 e. The Morgan fingerprint density at radius 2 is 2.25 bits per heavy atom. The van der Waals surface area contributed by atoms with Crippen molar-refractivity contribution in [1.29, 1.82) is 0 Å². The first-order valence-electron chi connectivity index (χ1n) is 7.11. The predicted octanol–water partition coefficient (Wildman–Crippen LogP) is 2.18. The average Bonchev–Trinajstić information content (AvgIpc) is 2.83. The molecular weight excluding hydrogens is 252 g/mol. The number of fused-ring (bicyclic) bond motifs is 1. The molecule has 0 radical (unpaired) electrons. The lowest BCUT2D eigenvalue weighted by Crippen LogP contribution is -2.33. The maximum atomic E-state index is 6.12. The molecule has 2 unspecified atom stereocenters. The number of benzene rings is 1. The van der Waals surface area contributed by atoms with Crippen LogP contribution in [0.25, 0.3) is 11.4 Å². The summed E-state index contributed by atoms with van der Waals surface area (Å²) in [6, 6.07) is 8.14. The van der Waals surface area contributed by atoms with Gasteiger partial charge in [0.15, 0.2) is 5.82 Å². The third-order valence-corrected chi connectivity index (χ3v) is 3.70. The van der Waals surface area contributed by atoms with Crippen LogP contribution >= 0.6 is 0 Å². The summed E-state index contributed by atoms with van der Waals surface area (Å²) in [4.78, 5) is 0. The first kappa shape index (κ1) is 13.1. The van der Waals surface area contributed by atoms with E-state index in [1.807, 2.05) is 31.2 Å². The summed E-state index contributed by atoms with van der Waals surface area (Å²) < 4.78 is 7.69. The zero-order chi connectivity index (χ0) is 14.1. The normalized spacial score (nSPS) is 21.6. The van der Waals surface area contributed by atoms with Gasteiger partial charge in [0, 0.05) is 24.1 Å². The first-order chi connectivity index (χ1) is 9.69. The van der Waals surface area contributed by atoms with E-state index in [9.17, 15) is 0 Å². The Balaban J connectivity index is 2.01. The van der Waals surface area contributed by atoms with E-state index >= 15 is 0 Å². The Morgan fingerprint density at radius 3 is 3.05 bits per heavy atom. The van der Waals surface area contributed by atoms with Crippen LogP contribution in [0.5, 0.6) is 5.75 Å². The molecule has 0 spiro atoms. The summed E-state index contributed by atoms with van der Waals surface area (Å²) in [7, 11) is 0. The molecule has 1 aromatic heterocycles.